The summed E-state index contributed by atoms with van der Waals surface area (Å²) in [5, 5.41) is 9.28. The highest BCUT2D eigenvalue weighted by molar-refractivity contribution is 6.06. The lowest BCUT2D eigenvalue weighted by molar-refractivity contribution is -0.141. The second-order valence-corrected chi connectivity index (χ2v) is 5.58. The number of carbonyl (C=O) groups is 2. The summed E-state index contributed by atoms with van der Waals surface area (Å²) in [4.78, 5) is 39.3. The van der Waals surface area contributed by atoms with E-state index in [4.69, 9.17) is 9.84 Å². The van der Waals surface area contributed by atoms with Gasteiger partial charge in [0.15, 0.2) is 0 Å². The Kier molecular flexibility index (Phi) is 4.30. The molecule has 1 saturated heterocycles. The van der Waals surface area contributed by atoms with E-state index in [1.54, 1.807) is 0 Å². The lowest BCUT2D eigenvalue weighted by Gasteiger charge is -2.32. The maximum Gasteiger partial charge on any atom is 0.306 e. The third-order valence-corrected chi connectivity index (χ3v) is 3.86. The van der Waals surface area contributed by atoms with Crippen molar-refractivity contribution in [2.75, 3.05) is 19.7 Å². The van der Waals surface area contributed by atoms with Crippen LogP contribution in [-0.4, -0.2) is 52.7 Å². The molecular weight excluding hydrogens is 319 g/mol. The molecule has 0 unspecified atom stereocenters. The van der Waals surface area contributed by atoms with Crippen LogP contribution in [0.4, 0.5) is 4.39 Å². The number of carboxylic acid groups (broad SMARTS) is 1. The normalized spacial score (nSPS) is 17.9. The second-order valence-electron chi connectivity index (χ2n) is 5.58. The molecule has 126 valence electrons. The van der Waals surface area contributed by atoms with Crippen LogP contribution in [0.25, 0.3) is 10.9 Å². The van der Waals surface area contributed by atoms with Gasteiger partial charge < -0.3 is 19.7 Å². The Bertz CT molecular complexity index is 863. The lowest BCUT2D eigenvalue weighted by Crippen LogP contribution is -2.46. The van der Waals surface area contributed by atoms with Gasteiger partial charge in [0, 0.05) is 24.5 Å². The molecule has 0 spiro atoms. The average molecular weight is 334 g/mol. The number of rotatable bonds is 3. The van der Waals surface area contributed by atoms with Crippen molar-refractivity contribution in [1.82, 2.24) is 9.88 Å². The fraction of sp³-hybridized carbons (Fsp3) is 0.312. The summed E-state index contributed by atoms with van der Waals surface area (Å²) in [6.07, 6.45) is -0.795. The number of morpholine rings is 1. The molecule has 1 amide bonds. The number of nitrogens with zero attached hydrogens (tertiary/aromatic N) is 1. The van der Waals surface area contributed by atoms with Crippen molar-refractivity contribution in [3.8, 4) is 0 Å². The number of pyridine rings is 1. The number of fused-ring (bicyclic) bond motifs is 1. The predicted octanol–water partition coefficient (Wildman–Crippen LogP) is 0.983. The van der Waals surface area contributed by atoms with E-state index >= 15 is 0 Å². The first-order valence-electron chi connectivity index (χ1n) is 7.39. The molecular formula is C16H15FN2O5. The molecule has 7 nitrogen and oxygen atoms in total. The molecule has 2 aromatic rings. The number of carboxylic acids is 1. The topological polar surface area (TPSA) is 99.7 Å². The number of carbonyl (C=O) groups excluding carboxylic acids is 1. The number of benzene rings is 1. The molecule has 8 heteroatoms. The monoisotopic (exact) mass is 334 g/mol. The maximum absolute atomic E-state index is 13.3. The van der Waals surface area contributed by atoms with E-state index in [1.807, 2.05) is 0 Å². The zero-order valence-corrected chi connectivity index (χ0v) is 12.6. The average Bonchev–Trinajstić information content (AvgIpc) is 2.52. The van der Waals surface area contributed by atoms with Gasteiger partial charge in [0.25, 0.3) is 5.91 Å². The van der Waals surface area contributed by atoms with Gasteiger partial charge in [-0.3, -0.25) is 14.4 Å². The van der Waals surface area contributed by atoms with Gasteiger partial charge in [0.1, 0.15) is 5.82 Å². The molecule has 1 aromatic heterocycles. The van der Waals surface area contributed by atoms with Crippen molar-refractivity contribution >= 4 is 22.8 Å². The van der Waals surface area contributed by atoms with E-state index in [-0.39, 0.29) is 30.7 Å². The standard InChI is InChI=1S/C16H15FN2O5/c17-9-1-2-11-12(7-14(20)18-13(11)5-9)16(23)19-3-4-24-10(8-19)6-15(21)22/h1-2,5,7,10H,3-4,6,8H2,(H,18,20)(H,21,22)/t10-/m0/s1. The van der Waals surface area contributed by atoms with Gasteiger partial charge in [-0.1, -0.05) is 0 Å². The highest BCUT2D eigenvalue weighted by Crippen LogP contribution is 2.20. The van der Waals surface area contributed by atoms with Crippen LogP contribution in [0.15, 0.2) is 29.1 Å². The Morgan fingerprint density at radius 1 is 1.38 bits per heavy atom. The molecule has 1 aromatic carbocycles. The van der Waals surface area contributed by atoms with Crippen molar-refractivity contribution in [1.29, 1.82) is 0 Å². The van der Waals surface area contributed by atoms with E-state index in [2.05, 4.69) is 4.98 Å². The Morgan fingerprint density at radius 2 is 2.17 bits per heavy atom. The minimum absolute atomic E-state index is 0.126. The first-order valence-corrected chi connectivity index (χ1v) is 7.39. The highest BCUT2D eigenvalue weighted by Gasteiger charge is 2.27. The molecule has 1 atom stereocenters. The molecule has 0 radical (unpaired) electrons. The third kappa shape index (κ3) is 3.28. The van der Waals surface area contributed by atoms with Gasteiger partial charge in [0.2, 0.25) is 5.56 Å². The minimum atomic E-state index is -1.01. The third-order valence-electron chi connectivity index (χ3n) is 3.86. The quantitative estimate of drug-likeness (QED) is 0.872. The summed E-state index contributed by atoms with van der Waals surface area (Å²) in [7, 11) is 0. The van der Waals surface area contributed by atoms with E-state index in [0.29, 0.717) is 11.9 Å². The van der Waals surface area contributed by atoms with Crippen molar-refractivity contribution in [2.24, 2.45) is 0 Å². The Labute approximate surface area is 135 Å². The number of hydrogen-bond acceptors (Lipinski definition) is 4. The summed E-state index contributed by atoms with van der Waals surface area (Å²) < 4.78 is 18.7. The van der Waals surface area contributed by atoms with Gasteiger partial charge in [-0.2, -0.15) is 0 Å². The summed E-state index contributed by atoms with van der Waals surface area (Å²) in [5.41, 5.74) is -0.113. The Hall–Kier alpha value is -2.74. The van der Waals surface area contributed by atoms with E-state index < -0.39 is 29.4 Å². The largest absolute Gasteiger partial charge is 0.481 e. The number of nitrogens with one attached hydrogen (secondary N) is 1. The smallest absolute Gasteiger partial charge is 0.306 e. The van der Waals surface area contributed by atoms with Crippen molar-refractivity contribution in [2.45, 2.75) is 12.5 Å². The summed E-state index contributed by atoms with van der Waals surface area (Å²) in [6, 6.07) is 4.97. The molecule has 0 aliphatic carbocycles. The molecule has 1 aliphatic heterocycles. The SMILES string of the molecule is O=C(O)C[C@H]1CN(C(=O)c2cc(=O)[nH]c3cc(F)ccc23)CCO1. The van der Waals surface area contributed by atoms with Crippen molar-refractivity contribution in [3.63, 3.8) is 0 Å². The number of aliphatic carboxylic acids is 1. The lowest BCUT2D eigenvalue weighted by atomic mass is 10.1. The van der Waals surface area contributed by atoms with Crippen LogP contribution >= 0.6 is 0 Å². The van der Waals surface area contributed by atoms with Gasteiger partial charge in [-0.05, 0) is 18.2 Å². The zero-order chi connectivity index (χ0) is 17.3. The van der Waals surface area contributed by atoms with E-state index in [9.17, 15) is 18.8 Å². The number of aromatic amines is 1. The molecule has 3 rings (SSSR count). The van der Waals surface area contributed by atoms with Crippen LogP contribution in [0.3, 0.4) is 0 Å². The van der Waals surface area contributed by atoms with Gasteiger partial charge in [-0.15, -0.1) is 0 Å². The summed E-state index contributed by atoms with van der Waals surface area (Å²) in [5.74, 6) is -1.93. The van der Waals surface area contributed by atoms with Gasteiger partial charge in [-0.25, -0.2) is 4.39 Å². The number of amides is 1. The summed E-state index contributed by atoms with van der Waals surface area (Å²) >= 11 is 0. The van der Waals surface area contributed by atoms with Crippen LogP contribution in [0, 0.1) is 5.82 Å². The second kappa shape index (κ2) is 6.40. The highest BCUT2D eigenvalue weighted by atomic mass is 19.1. The number of H-pyrrole nitrogens is 1. The maximum atomic E-state index is 13.3. The first kappa shape index (κ1) is 16.1. The van der Waals surface area contributed by atoms with Gasteiger partial charge >= 0.3 is 5.97 Å². The molecule has 0 bridgehead atoms. The number of aromatic nitrogens is 1. The van der Waals surface area contributed by atoms with Crippen LogP contribution in [0.5, 0.6) is 0 Å². The van der Waals surface area contributed by atoms with Crippen molar-refractivity contribution in [3.05, 3.63) is 46.0 Å². The molecule has 0 saturated carbocycles. The molecule has 24 heavy (non-hydrogen) atoms. The van der Waals surface area contributed by atoms with Crippen LogP contribution < -0.4 is 5.56 Å². The molecule has 2 heterocycles. The van der Waals surface area contributed by atoms with E-state index in [0.717, 1.165) is 6.07 Å². The van der Waals surface area contributed by atoms with Crippen LogP contribution in [-0.2, 0) is 9.53 Å². The van der Waals surface area contributed by atoms with Crippen LogP contribution in [0.1, 0.15) is 16.8 Å². The fourth-order valence-electron chi connectivity index (χ4n) is 2.80. The minimum Gasteiger partial charge on any atom is -0.481 e. The Morgan fingerprint density at radius 3 is 2.92 bits per heavy atom. The predicted molar refractivity (Wildman–Crippen MR) is 82.4 cm³/mol. The number of halogens is 1. The zero-order valence-electron chi connectivity index (χ0n) is 12.6. The van der Waals surface area contributed by atoms with Crippen LogP contribution in [0.2, 0.25) is 0 Å². The molecule has 2 N–H and O–H groups in total. The first-order chi connectivity index (χ1) is 11.4. The Balaban J connectivity index is 1.93. The fourth-order valence-corrected chi connectivity index (χ4v) is 2.80. The number of hydrogen-bond donors (Lipinski definition) is 2. The molecule has 1 fully saturated rings. The molecule has 1 aliphatic rings. The van der Waals surface area contributed by atoms with Crippen molar-refractivity contribution < 1.29 is 23.8 Å². The number of ether oxygens (including phenoxy) is 1. The van der Waals surface area contributed by atoms with E-state index in [1.165, 1.54) is 23.1 Å². The summed E-state index contributed by atoms with van der Waals surface area (Å²) in [6.45, 7) is 0.643. The van der Waals surface area contributed by atoms with Gasteiger partial charge in [0.05, 0.1) is 30.2 Å².